The summed E-state index contributed by atoms with van der Waals surface area (Å²) >= 11 is 0. The fourth-order valence-corrected chi connectivity index (χ4v) is 4.25. The second kappa shape index (κ2) is 7.45. The number of benzene rings is 3. The first-order valence-electron chi connectivity index (χ1n) is 9.91. The molecule has 2 amide bonds. The number of anilines is 2. The van der Waals surface area contributed by atoms with Crippen LogP contribution in [-0.4, -0.2) is 30.1 Å². The molecule has 31 heavy (non-hydrogen) atoms. The largest absolute Gasteiger partial charge is 0.508 e. The quantitative estimate of drug-likeness (QED) is 0.657. The molecule has 0 aliphatic carbocycles. The number of hydroxylamine groups is 1. The van der Waals surface area contributed by atoms with Gasteiger partial charge in [0.2, 0.25) is 5.91 Å². The van der Waals surface area contributed by atoms with Crippen LogP contribution in [0.1, 0.15) is 11.6 Å². The predicted molar refractivity (Wildman–Crippen MR) is 114 cm³/mol. The van der Waals surface area contributed by atoms with Crippen LogP contribution in [0, 0.1) is 5.92 Å². The summed E-state index contributed by atoms with van der Waals surface area (Å²) in [7, 11) is 1.55. The summed E-state index contributed by atoms with van der Waals surface area (Å²) in [4.78, 5) is 34.0. The Bertz CT molecular complexity index is 1130. The summed E-state index contributed by atoms with van der Waals surface area (Å²) in [5, 5.41) is 12.1. The average Bonchev–Trinajstić information content (AvgIpc) is 3.31. The number of hydrogen-bond acceptors (Lipinski definition) is 6. The number of carbonyl (C=O) groups is 2. The van der Waals surface area contributed by atoms with Crippen LogP contribution >= 0.6 is 0 Å². The number of fused-ring (bicyclic) bond motifs is 1. The molecule has 156 valence electrons. The molecule has 0 radical (unpaired) electrons. The van der Waals surface area contributed by atoms with Crippen LogP contribution in [0.2, 0.25) is 0 Å². The van der Waals surface area contributed by atoms with Gasteiger partial charge in [-0.25, -0.2) is 9.96 Å². The lowest BCUT2D eigenvalue weighted by atomic mass is 9.90. The number of phenolic OH excluding ortho intramolecular Hbond substituents is 1. The number of carbonyl (C=O) groups excluding carboxylic acids is 2. The van der Waals surface area contributed by atoms with E-state index in [1.54, 1.807) is 60.7 Å². The molecule has 0 spiro atoms. The van der Waals surface area contributed by atoms with Crippen molar-refractivity contribution in [3.05, 3.63) is 84.4 Å². The molecular weight excluding hydrogens is 396 g/mol. The minimum absolute atomic E-state index is 0.0424. The third-order valence-electron chi connectivity index (χ3n) is 5.71. The molecule has 3 atom stereocenters. The number of hydrogen-bond donors (Lipinski definition) is 1. The van der Waals surface area contributed by atoms with Crippen molar-refractivity contribution in [2.24, 2.45) is 5.92 Å². The second-order valence-electron chi connectivity index (χ2n) is 7.43. The van der Waals surface area contributed by atoms with Gasteiger partial charge in [-0.2, -0.15) is 0 Å². The summed E-state index contributed by atoms with van der Waals surface area (Å²) in [6.07, 6.45) is -0.987. The molecule has 0 bridgehead atoms. The zero-order chi connectivity index (χ0) is 21.5. The summed E-state index contributed by atoms with van der Waals surface area (Å²) in [5.74, 6) is -0.934. The lowest BCUT2D eigenvalue weighted by Gasteiger charge is -2.29. The Balaban J connectivity index is 1.58. The Kier molecular flexibility index (Phi) is 4.60. The summed E-state index contributed by atoms with van der Waals surface area (Å²) in [6, 6.07) is 22.1. The third-order valence-corrected chi connectivity index (χ3v) is 5.71. The van der Waals surface area contributed by atoms with E-state index in [9.17, 15) is 14.7 Å². The number of aromatic hydroxyl groups is 1. The van der Waals surface area contributed by atoms with E-state index in [-0.39, 0.29) is 11.7 Å². The lowest BCUT2D eigenvalue weighted by molar-refractivity contribution is -0.126. The Morgan fingerprint density at radius 3 is 2.19 bits per heavy atom. The van der Waals surface area contributed by atoms with Crippen LogP contribution in [-0.2, 0) is 14.4 Å². The van der Waals surface area contributed by atoms with Crippen LogP contribution in [0.15, 0.2) is 78.9 Å². The second-order valence-corrected chi connectivity index (χ2v) is 7.43. The third kappa shape index (κ3) is 3.02. The normalized spacial score (nSPS) is 22.7. The van der Waals surface area contributed by atoms with Crippen molar-refractivity contribution in [2.75, 3.05) is 17.1 Å². The minimum atomic E-state index is -0.987. The number of nitrogens with zero attached hydrogens (tertiary/aromatic N) is 2. The van der Waals surface area contributed by atoms with Crippen LogP contribution in [0.3, 0.4) is 0 Å². The number of amides is 2. The topological polar surface area (TPSA) is 79.3 Å². The molecule has 5 rings (SSSR count). The fraction of sp³-hybridized carbons (Fsp3) is 0.167. The van der Waals surface area contributed by atoms with Crippen molar-refractivity contribution in [1.29, 1.82) is 0 Å². The molecular formula is C24H20N2O5. The number of methoxy groups -OCH3 is 1. The van der Waals surface area contributed by atoms with E-state index in [1.807, 2.05) is 30.3 Å². The van der Waals surface area contributed by atoms with E-state index in [1.165, 1.54) is 0 Å². The SMILES string of the molecule is COc1ccc(N2C(=O)[C@H]3[C@H](ON(c4ccccc4)[C@H]3c3ccccc3O)C2=O)cc1. The van der Waals surface area contributed by atoms with Crippen LogP contribution < -0.4 is 14.7 Å². The first-order chi connectivity index (χ1) is 15.1. The molecule has 2 heterocycles. The van der Waals surface area contributed by atoms with Crippen molar-refractivity contribution >= 4 is 23.2 Å². The Hall–Kier alpha value is -3.84. The average molecular weight is 416 g/mol. The molecule has 2 fully saturated rings. The predicted octanol–water partition coefficient (Wildman–Crippen LogP) is 3.45. The van der Waals surface area contributed by atoms with Crippen molar-refractivity contribution in [3.8, 4) is 11.5 Å². The molecule has 0 aromatic heterocycles. The lowest BCUT2D eigenvalue weighted by Crippen LogP contribution is -2.37. The molecule has 0 saturated carbocycles. The monoisotopic (exact) mass is 416 g/mol. The van der Waals surface area contributed by atoms with Gasteiger partial charge in [0.05, 0.1) is 24.5 Å². The smallest absolute Gasteiger partial charge is 0.266 e. The number of ether oxygens (including phenoxy) is 1. The van der Waals surface area contributed by atoms with E-state index >= 15 is 0 Å². The molecule has 0 unspecified atom stereocenters. The summed E-state index contributed by atoms with van der Waals surface area (Å²) < 4.78 is 5.16. The summed E-state index contributed by atoms with van der Waals surface area (Å²) in [6.45, 7) is 0. The van der Waals surface area contributed by atoms with Gasteiger partial charge in [-0.1, -0.05) is 36.4 Å². The van der Waals surface area contributed by atoms with Gasteiger partial charge in [-0.05, 0) is 42.5 Å². The van der Waals surface area contributed by atoms with Gasteiger partial charge < -0.3 is 9.84 Å². The van der Waals surface area contributed by atoms with Crippen molar-refractivity contribution in [3.63, 3.8) is 0 Å². The minimum Gasteiger partial charge on any atom is -0.508 e. The Morgan fingerprint density at radius 2 is 1.52 bits per heavy atom. The number of phenols is 1. The number of rotatable bonds is 4. The first kappa shape index (κ1) is 19.1. The van der Waals surface area contributed by atoms with E-state index in [4.69, 9.17) is 9.57 Å². The molecule has 7 heteroatoms. The van der Waals surface area contributed by atoms with Crippen molar-refractivity contribution < 1.29 is 24.3 Å². The molecule has 7 nitrogen and oxygen atoms in total. The maximum atomic E-state index is 13.5. The molecule has 3 aromatic rings. The first-order valence-corrected chi connectivity index (χ1v) is 9.91. The Labute approximate surface area is 179 Å². The van der Waals surface area contributed by atoms with Crippen molar-refractivity contribution in [1.82, 2.24) is 0 Å². The van der Waals surface area contributed by atoms with Crippen LogP contribution in [0.25, 0.3) is 0 Å². The summed E-state index contributed by atoms with van der Waals surface area (Å²) in [5.41, 5.74) is 1.68. The van der Waals surface area contributed by atoms with Gasteiger partial charge in [0.25, 0.3) is 5.91 Å². The zero-order valence-electron chi connectivity index (χ0n) is 16.7. The van der Waals surface area contributed by atoms with Crippen molar-refractivity contribution in [2.45, 2.75) is 12.1 Å². The molecule has 2 saturated heterocycles. The van der Waals surface area contributed by atoms with Crippen LogP contribution in [0.5, 0.6) is 11.5 Å². The van der Waals surface area contributed by atoms with E-state index in [0.717, 1.165) is 4.90 Å². The molecule has 2 aliphatic heterocycles. The highest BCUT2D eigenvalue weighted by Crippen LogP contribution is 2.49. The van der Waals surface area contributed by atoms with Gasteiger partial charge in [0, 0.05) is 5.56 Å². The van der Waals surface area contributed by atoms with Gasteiger partial charge in [-0.3, -0.25) is 14.4 Å². The maximum Gasteiger partial charge on any atom is 0.266 e. The number of para-hydroxylation sites is 2. The standard InChI is InChI=1S/C24H20N2O5/c1-30-17-13-11-15(12-14-17)25-23(28)20-21(18-9-5-6-10-19(18)27)26(31-22(20)24(25)29)16-7-3-2-4-8-16/h2-14,20-22,27H,1H3/t20-,21+,22+/m1/s1. The van der Waals surface area contributed by atoms with Crippen LogP contribution in [0.4, 0.5) is 11.4 Å². The van der Waals surface area contributed by atoms with E-state index in [0.29, 0.717) is 22.7 Å². The Morgan fingerprint density at radius 1 is 0.839 bits per heavy atom. The van der Waals surface area contributed by atoms with E-state index in [2.05, 4.69) is 0 Å². The highest BCUT2D eigenvalue weighted by Gasteiger charge is 2.60. The van der Waals surface area contributed by atoms with Gasteiger partial charge in [0.1, 0.15) is 17.4 Å². The molecule has 2 aliphatic rings. The fourth-order valence-electron chi connectivity index (χ4n) is 4.25. The van der Waals surface area contributed by atoms with Gasteiger partial charge in [0.15, 0.2) is 6.10 Å². The zero-order valence-corrected chi connectivity index (χ0v) is 16.7. The van der Waals surface area contributed by atoms with E-state index < -0.39 is 24.0 Å². The van der Waals surface area contributed by atoms with Gasteiger partial charge >= 0.3 is 0 Å². The maximum absolute atomic E-state index is 13.5. The molecule has 1 N–H and O–H groups in total. The highest BCUT2D eigenvalue weighted by atomic mass is 16.7. The van der Waals surface area contributed by atoms with Gasteiger partial charge in [-0.15, -0.1) is 0 Å². The molecule has 3 aromatic carbocycles. The highest BCUT2D eigenvalue weighted by molar-refractivity contribution is 6.24. The number of imide groups is 1.